The standard InChI is InChI=1S/C35H53N8O12PS/c1-18(2)28-34(50)40-24(16-27(36)45)31(47)42-29(19(3)4)35(51)43-13-6-7-26(43)33(49)37-12-14-57-17-25(38-20(5)44)32(48)39-23(30(46)41-28)15-21-8-10-22(11-9-21)55-56(52,53)54/h8-11,18-19,23-26,28-29H,6-7,12-17H2,1-5H3,(H2,36,45)(H,37,49)(H,38,44)(H,39,48)(H,40,50)(H,41,46)(H,42,47)(H2,52,53,54)/t23-,24?,25?,26-,28?,29-/m0/s1. The van der Waals surface area contributed by atoms with Crippen molar-refractivity contribution in [3.63, 3.8) is 0 Å². The van der Waals surface area contributed by atoms with Crippen LogP contribution in [0, 0.1) is 11.8 Å². The van der Waals surface area contributed by atoms with E-state index in [1.165, 1.54) is 47.9 Å². The lowest BCUT2D eigenvalue weighted by Gasteiger charge is -2.32. The first kappa shape index (κ1) is 46.7. The van der Waals surface area contributed by atoms with E-state index in [1.54, 1.807) is 27.7 Å². The van der Waals surface area contributed by atoms with E-state index in [0.29, 0.717) is 24.2 Å². The van der Waals surface area contributed by atoms with Crippen molar-refractivity contribution < 1.29 is 57.2 Å². The van der Waals surface area contributed by atoms with E-state index in [0.717, 1.165) is 0 Å². The molecule has 2 aliphatic rings. The maximum absolute atomic E-state index is 14.0. The number of carbonyl (C=O) groups is 8. The third-order valence-electron chi connectivity index (χ3n) is 9.10. The number of hydrogen-bond donors (Lipinski definition) is 9. The summed E-state index contributed by atoms with van der Waals surface area (Å²) < 4.78 is 15.9. The zero-order chi connectivity index (χ0) is 42.6. The number of phosphoric acid groups is 1. The molecule has 3 rings (SSSR count). The van der Waals surface area contributed by atoms with Crippen molar-refractivity contribution in [1.29, 1.82) is 0 Å². The largest absolute Gasteiger partial charge is 0.524 e. The van der Waals surface area contributed by atoms with Crippen molar-refractivity contribution in [2.45, 2.75) is 96.6 Å². The summed E-state index contributed by atoms with van der Waals surface area (Å²) in [6, 6.07) is -2.12. The highest BCUT2D eigenvalue weighted by Crippen LogP contribution is 2.37. The smallest absolute Gasteiger partial charge is 0.404 e. The summed E-state index contributed by atoms with van der Waals surface area (Å²) in [5.41, 5.74) is 5.85. The van der Waals surface area contributed by atoms with Crippen molar-refractivity contribution >= 4 is 66.8 Å². The van der Waals surface area contributed by atoms with Crippen LogP contribution in [0.25, 0.3) is 0 Å². The quantitative estimate of drug-likeness (QED) is 0.124. The Labute approximate surface area is 334 Å². The van der Waals surface area contributed by atoms with Gasteiger partial charge in [0.2, 0.25) is 47.3 Å². The molecule has 1 aromatic carbocycles. The highest BCUT2D eigenvalue weighted by atomic mass is 32.2. The molecule has 0 saturated carbocycles. The first-order valence-corrected chi connectivity index (χ1v) is 21.1. The van der Waals surface area contributed by atoms with E-state index < -0.39 is 110 Å². The van der Waals surface area contributed by atoms with Gasteiger partial charge >= 0.3 is 7.82 Å². The summed E-state index contributed by atoms with van der Waals surface area (Å²) >= 11 is 1.23. The van der Waals surface area contributed by atoms with Gasteiger partial charge in [-0.25, -0.2) is 4.57 Å². The van der Waals surface area contributed by atoms with Gasteiger partial charge < -0.3 is 47.1 Å². The molecule has 3 unspecified atom stereocenters. The van der Waals surface area contributed by atoms with Crippen LogP contribution in [0.1, 0.15) is 59.4 Å². The number of primary amides is 1. The second-order valence-corrected chi connectivity index (χ2v) is 16.8. The van der Waals surface area contributed by atoms with Crippen molar-refractivity contribution in [1.82, 2.24) is 36.8 Å². The average Bonchev–Trinajstić information content (AvgIpc) is 3.60. The van der Waals surface area contributed by atoms with Crippen LogP contribution < -0.4 is 42.2 Å². The van der Waals surface area contributed by atoms with Crippen molar-refractivity contribution in [2.24, 2.45) is 17.6 Å². The predicted octanol–water partition coefficient (Wildman–Crippen LogP) is -1.81. The van der Waals surface area contributed by atoms with Crippen molar-refractivity contribution in [3.05, 3.63) is 29.8 Å². The summed E-state index contributed by atoms with van der Waals surface area (Å²) in [6.45, 7) is 8.20. The Morgan fingerprint density at radius 2 is 1.49 bits per heavy atom. The number of hydrogen-bond acceptors (Lipinski definition) is 11. The van der Waals surface area contributed by atoms with Crippen LogP contribution in [0.15, 0.2) is 24.3 Å². The molecule has 20 nitrogen and oxygen atoms in total. The molecule has 2 fully saturated rings. The van der Waals surface area contributed by atoms with Gasteiger partial charge in [0.25, 0.3) is 0 Å². The molecule has 0 bridgehead atoms. The predicted molar refractivity (Wildman–Crippen MR) is 207 cm³/mol. The van der Waals surface area contributed by atoms with Gasteiger partial charge in [-0.1, -0.05) is 39.8 Å². The summed E-state index contributed by atoms with van der Waals surface area (Å²) in [7, 11) is -4.87. The number of carbonyl (C=O) groups excluding carboxylic acids is 8. The van der Waals surface area contributed by atoms with Crippen molar-refractivity contribution in [2.75, 3.05) is 24.6 Å². The first-order valence-electron chi connectivity index (χ1n) is 18.4. The number of amides is 8. The fourth-order valence-corrected chi connectivity index (χ4v) is 7.52. The minimum atomic E-state index is -4.87. The second-order valence-electron chi connectivity index (χ2n) is 14.5. The Morgan fingerprint density at radius 1 is 0.895 bits per heavy atom. The van der Waals surface area contributed by atoms with Gasteiger partial charge in [0.1, 0.15) is 42.0 Å². The number of thioether (sulfide) groups is 1. The lowest BCUT2D eigenvalue weighted by molar-refractivity contribution is -0.143. The zero-order valence-electron chi connectivity index (χ0n) is 32.4. The van der Waals surface area contributed by atoms with Gasteiger partial charge in [0.15, 0.2) is 0 Å². The van der Waals surface area contributed by atoms with Crippen LogP contribution in [0.2, 0.25) is 0 Å². The van der Waals surface area contributed by atoms with E-state index in [4.69, 9.17) is 15.5 Å². The van der Waals surface area contributed by atoms with E-state index in [9.17, 15) is 42.9 Å². The minimum Gasteiger partial charge on any atom is -0.404 e. The molecule has 0 aliphatic carbocycles. The number of nitrogens with two attached hydrogens (primary N) is 1. The molecule has 8 amide bonds. The zero-order valence-corrected chi connectivity index (χ0v) is 34.2. The highest BCUT2D eigenvalue weighted by molar-refractivity contribution is 7.99. The Hall–Kier alpha value is -4.72. The van der Waals surface area contributed by atoms with Crippen LogP contribution in [0.5, 0.6) is 5.75 Å². The molecule has 6 atom stereocenters. The maximum atomic E-state index is 14.0. The van der Waals surface area contributed by atoms with Crippen LogP contribution >= 0.6 is 19.6 Å². The van der Waals surface area contributed by atoms with Gasteiger partial charge in [-0.3, -0.25) is 48.1 Å². The van der Waals surface area contributed by atoms with Crippen LogP contribution in [0.3, 0.4) is 0 Å². The third-order valence-corrected chi connectivity index (χ3v) is 10.6. The molecule has 2 heterocycles. The number of phosphoric ester groups is 1. The lowest BCUT2D eigenvalue weighted by Crippen LogP contribution is -2.61. The SMILES string of the molecule is CC(=O)NC1CSCCNC(=O)[C@@H]2CCCN2C(=O)[C@H](C(C)C)NC(=O)C(CC(N)=O)NC(=O)C(C(C)C)NC(=O)[C@H](Cc2ccc(OP(=O)(O)O)cc2)NC1=O. The molecular formula is C35H53N8O12PS. The van der Waals surface area contributed by atoms with Crippen LogP contribution in [0.4, 0.5) is 0 Å². The molecule has 316 valence electrons. The Morgan fingerprint density at radius 3 is 2.07 bits per heavy atom. The lowest BCUT2D eigenvalue weighted by atomic mass is 9.99. The fourth-order valence-electron chi connectivity index (χ4n) is 6.24. The molecule has 2 saturated heterocycles. The second kappa shape index (κ2) is 21.2. The minimum absolute atomic E-state index is 0.0338. The molecule has 0 radical (unpaired) electrons. The summed E-state index contributed by atoms with van der Waals surface area (Å²) in [6.07, 6.45) is 0.0446. The van der Waals surface area contributed by atoms with Gasteiger partial charge in [0, 0.05) is 37.9 Å². The maximum Gasteiger partial charge on any atom is 0.524 e. The Kier molecular flexibility index (Phi) is 17.3. The van der Waals surface area contributed by atoms with Gasteiger partial charge in [-0.2, -0.15) is 11.8 Å². The number of benzene rings is 1. The number of rotatable bonds is 9. The van der Waals surface area contributed by atoms with Gasteiger partial charge in [-0.05, 0) is 42.4 Å². The van der Waals surface area contributed by atoms with Gasteiger partial charge in [-0.15, -0.1) is 0 Å². The van der Waals surface area contributed by atoms with Crippen molar-refractivity contribution in [3.8, 4) is 5.75 Å². The number of nitrogens with one attached hydrogen (secondary N) is 6. The Bertz CT molecular complexity index is 1710. The highest BCUT2D eigenvalue weighted by Gasteiger charge is 2.40. The average molecular weight is 841 g/mol. The third kappa shape index (κ3) is 14.6. The first-order chi connectivity index (χ1) is 26.7. The Balaban J connectivity index is 2.02. The topological polar surface area (TPSA) is 305 Å². The molecule has 1 aromatic rings. The van der Waals surface area contributed by atoms with Crippen LogP contribution in [-0.2, 0) is 49.3 Å². The number of nitrogens with zero attached hydrogens (tertiary/aromatic N) is 1. The van der Waals surface area contributed by atoms with E-state index in [2.05, 4.69) is 36.4 Å². The fraction of sp³-hybridized carbons (Fsp3) is 0.600. The van der Waals surface area contributed by atoms with E-state index in [-0.39, 0.29) is 31.0 Å². The van der Waals surface area contributed by atoms with E-state index in [1.807, 2.05) is 0 Å². The molecule has 10 N–H and O–H groups in total. The molecule has 0 spiro atoms. The summed E-state index contributed by atoms with van der Waals surface area (Å²) in [4.78, 5) is 126. The summed E-state index contributed by atoms with van der Waals surface area (Å²) in [5.74, 6) is -6.74. The number of fused-ring (bicyclic) bond motifs is 1. The molecule has 2 aliphatic heterocycles. The van der Waals surface area contributed by atoms with Crippen LogP contribution in [-0.4, -0.2) is 123 Å². The van der Waals surface area contributed by atoms with E-state index >= 15 is 0 Å². The van der Waals surface area contributed by atoms with Gasteiger partial charge in [0.05, 0.1) is 6.42 Å². The molecule has 22 heteroatoms. The monoisotopic (exact) mass is 840 g/mol. The molecule has 57 heavy (non-hydrogen) atoms. The molecular weight excluding hydrogens is 787 g/mol. The molecule has 0 aromatic heterocycles. The summed E-state index contributed by atoms with van der Waals surface area (Å²) in [5, 5.41) is 15.7. The normalized spacial score (nSPS) is 25.2.